The third-order valence-electron chi connectivity index (χ3n) is 2.51. The van der Waals surface area contributed by atoms with Crippen molar-refractivity contribution in [3.05, 3.63) is 0 Å². The van der Waals surface area contributed by atoms with Crippen LogP contribution in [0.5, 0.6) is 0 Å². The zero-order valence-electron chi connectivity index (χ0n) is 6.38. The Kier molecular flexibility index (Phi) is 1.44. The van der Waals surface area contributed by atoms with Crippen LogP contribution in [-0.4, -0.2) is 29.2 Å². The number of carbonyl (C=O) groups is 2. The summed E-state index contributed by atoms with van der Waals surface area (Å²) in [5.74, 6) is 0.168. The lowest BCUT2D eigenvalue weighted by molar-refractivity contribution is -0.140. The summed E-state index contributed by atoms with van der Waals surface area (Å²) in [5, 5.41) is 0. The number of amides is 1. The van der Waals surface area contributed by atoms with Gasteiger partial charge in [0.05, 0.1) is 6.42 Å². The molecule has 0 saturated carbocycles. The first-order chi connectivity index (χ1) is 5.27. The average Bonchev–Trinajstić information content (AvgIpc) is 2.34. The van der Waals surface area contributed by atoms with Gasteiger partial charge in [-0.1, -0.05) is 0 Å². The molecule has 0 bridgehead atoms. The second-order valence-electron chi connectivity index (χ2n) is 3.30. The number of nitrogens with zero attached hydrogens (tertiary/aromatic N) is 1. The fraction of sp³-hybridized carbons (Fsp3) is 0.750. The molecule has 2 rings (SSSR count). The lowest BCUT2D eigenvalue weighted by Gasteiger charge is -2.28. The van der Waals surface area contributed by atoms with E-state index in [1.807, 2.05) is 4.90 Å². The fourth-order valence-corrected chi connectivity index (χ4v) is 1.98. The highest BCUT2D eigenvalue weighted by molar-refractivity contribution is 6.00. The lowest BCUT2D eigenvalue weighted by Crippen LogP contribution is -2.42. The van der Waals surface area contributed by atoms with Gasteiger partial charge in [0.15, 0.2) is 0 Å². The summed E-state index contributed by atoms with van der Waals surface area (Å²) in [5.41, 5.74) is 0. The summed E-state index contributed by atoms with van der Waals surface area (Å²) in [6.45, 7) is 0.872. The Labute approximate surface area is 65.4 Å². The second kappa shape index (κ2) is 2.32. The van der Waals surface area contributed by atoms with Crippen molar-refractivity contribution in [1.29, 1.82) is 0 Å². The average molecular weight is 153 g/mol. The van der Waals surface area contributed by atoms with Gasteiger partial charge < -0.3 is 4.90 Å². The number of fused-ring (bicyclic) bond motifs is 1. The molecule has 0 aromatic heterocycles. The van der Waals surface area contributed by atoms with Crippen LogP contribution >= 0.6 is 0 Å². The Morgan fingerprint density at radius 1 is 1.36 bits per heavy atom. The van der Waals surface area contributed by atoms with Gasteiger partial charge in [-0.15, -0.1) is 0 Å². The first-order valence-electron chi connectivity index (χ1n) is 4.08. The van der Waals surface area contributed by atoms with E-state index in [1.54, 1.807) is 0 Å². The van der Waals surface area contributed by atoms with Crippen LogP contribution in [0.15, 0.2) is 0 Å². The maximum Gasteiger partial charge on any atom is 0.230 e. The molecule has 60 valence electrons. The number of carbonyl (C=O) groups excluding carboxylic acids is 2. The van der Waals surface area contributed by atoms with Crippen LogP contribution in [0.1, 0.15) is 25.7 Å². The van der Waals surface area contributed by atoms with E-state index in [0.717, 1.165) is 19.4 Å². The van der Waals surface area contributed by atoms with Crippen molar-refractivity contribution in [2.24, 2.45) is 0 Å². The predicted octanol–water partition coefficient (Wildman–Crippen LogP) is 0.340. The molecule has 11 heavy (non-hydrogen) atoms. The van der Waals surface area contributed by atoms with Gasteiger partial charge in [0, 0.05) is 19.0 Å². The Morgan fingerprint density at radius 3 is 3.00 bits per heavy atom. The largest absolute Gasteiger partial charge is 0.339 e. The molecule has 1 amide bonds. The first kappa shape index (κ1) is 6.83. The first-order valence-corrected chi connectivity index (χ1v) is 4.08. The van der Waals surface area contributed by atoms with E-state index in [9.17, 15) is 9.59 Å². The van der Waals surface area contributed by atoms with Crippen LogP contribution < -0.4 is 0 Å². The van der Waals surface area contributed by atoms with Crippen LogP contribution in [0.25, 0.3) is 0 Å². The van der Waals surface area contributed by atoms with Gasteiger partial charge >= 0.3 is 0 Å². The van der Waals surface area contributed by atoms with E-state index in [2.05, 4.69) is 0 Å². The van der Waals surface area contributed by atoms with Gasteiger partial charge in [-0.2, -0.15) is 0 Å². The Morgan fingerprint density at radius 2 is 2.18 bits per heavy atom. The molecule has 1 unspecified atom stereocenters. The molecule has 0 radical (unpaired) electrons. The van der Waals surface area contributed by atoms with E-state index < -0.39 is 0 Å². The topological polar surface area (TPSA) is 37.4 Å². The summed E-state index contributed by atoms with van der Waals surface area (Å²) in [6, 6.07) is 0.253. The molecule has 2 aliphatic heterocycles. The fourth-order valence-electron chi connectivity index (χ4n) is 1.98. The van der Waals surface area contributed by atoms with Gasteiger partial charge in [-0.05, 0) is 12.8 Å². The molecule has 2 fully saturated rings. The molecule has 2 saturated heterocycles. The Bertz CT molecular complexity index is 212. The summed E-state index contributed by atoms with van der Waals surface area (Å²) < 4.78 is 0. The summed E-state index contributed by atoms with van der Waals surface area (Å²) in [4.78, 5) is 24.0. The number of hydrogen-bond donors (Lipinski definition) is 0. The smallest absolute Gasteiger partial charge is 0.230 e. The molecule has 0 aliphatic carbocycles. The third kappa shape index (κ3) is 1.04. The number of ketones is 1. The van der Waals surface area contributed by atoms with Crippen LogP contribution in [0.3, 0.4) is 0 Å². The van der Waals surface area contributed by atoms with Gasteiger partial charge in [0.2, 0.25) is 5.91 Å². The summed E-state index contributed by atoms with van der Waals surface area (Å²) >= 11 is 0. The van der Waals surface area contributed by atoms with Crippen molar-refractivity contribution in [3.63, 3.8) is 0 Å². The molecule has 3 heteroatoms. The lowest BCUT2D eigenvalue weighted by atomic mass is 10.0. The predicted molar refractivity (Wildman–Crippen MR) is 39.0 cm³/mol. The highest BCUT2D eigenvalue weighted by Crippen LogP contribution is 2.25. The number of piperidine rings is 1. The van der Waals surface area contributed by atoms with Crippen LogP contribution in [-0.2, 0) is 9.59 Å². The molecule has 1 atom stereocenters. The van der Waals surface area contributed by atoms with Gasteiger partial charge in [0.1, 0.15) is 5.78 Å². The van der Waals surface area contributed by atoms with Crippen molar-refractivity contribution < 1.29 is 9.59 Å². The summed E-state index contributed by atoms with van der Waals surface area (Å²) in [7, 11) is 0. The van der Waals surface area contributed by atoms with Crippen LogP contribution in [0, 0.1) is 0 Å². The third-order valence-corrected chi connectivity index (χ3v) is 2.51. The minimum atomic E-state index is 0.0451. The zero-order chi connectivity index (χ0) is 7.84. The van der Waals surface area contributed by atoms with Crippen molar-refractivity contribution in [2.75, 3.05) is 6.54 Å². The monoisotopic (exact) mass is 153 g/mol. The van der Waals surface area contributed by atoms with Crippen molar-refractivity contribution in [1.82, 2.24) is 4.90 Å². The molecule has 2 aliphatic rings. The highest BCUT2D eigenvalue weighted by atomic mass is 16.2. The van der Waals surface area contributed by atoms with E-state index in [4.69, 9.17) is 0 Å². The maximum absolute atomic E-state index is 11.2. The number of Topliss-reactive ketones (excluding diaryl/α,β-unsaturated/α-hetero) is 1. The van der Waals surface area contributed by atoms with Gasteiger partial charge in [0.25, 0.3) is 0 Å². The van der Waals surface area contributed by atoms with Crippen molar-refractivity contribution >= 4 is 11.7 Å². The van der Waals surface area contributed by atoms with E-state index in [1.165, 1.54) is 0 Å². The maximum atomic E-state index is 11.2. The van der Waals surface area contributed by atoms with Crippen molar-refractivity contribution in [3.8, 4) is 0 Å². The second-order valence-corrected chi connectivity index (χ2v) is 3.30. The number of rotatable bonds is 0. The standard InChI is InChI=1S/C8H11NO2/c10-7-4-6-2-1-3-9(6)8(11)5-7/h6H,1-5H2. The molecule has 3 nitrogen and oxygen atoms in total. The van der Waals surface area contributed by atoms with Crippen molar-refractivity contribution in [2.45, 2.75) is 31.7 Å². The molecule has 0 spiro atoms. The molecule has 0 N–H and O–H groups in total. The van der Waals surface area contributed by atoms with Crippen LogP contribution in [0.4, 0.5) is 0 Å². The minimum Gasteiger partial charge on any atom is -0.339 e. The summed E-state index contributed by atoms with van der Waals surface area (Å²) in [6.07, 6.45) is 2.85. The highest BCUT2D eigenvalue weighted by Gasteiger charge is 2.35. The SMILES string of the molecule is O=C1CC(=O)N2CCCC2C1. The molecule has 0 aromatic rings. The van der Waals surface area contributed by atoms with E-state index >= 15 is 0 Å². The molecule has 2 heterocycles. The van der Waals surface area contributed by atoms with Crippen LogP contribution in [0.2, 0.25) is 0 Å². The molecular weight excluding hydrogens is 142 g/mol. The Hall–Kier alpha value is -0.860. The zero-order valence-corrected chi connectivity index (χ0v) is 6.38. The van der Waals surface area contributed by atoms with E-state index in [-0.39, 0.29) is 24.2 Å². The Balaban J connectivity index is 2.16. The van der Waals surface area contributed by atoms with E-state index in [0.29, 0.717) is 6.42 Å². The molecule has 0 aromatic carbocycles. The molecular formula is C8H11NO2. The number of hydrogen-bond acceptors (Lipinski definition) is 2. The quantitative estimate of drug-likeness (QED) is 0.470. The van der Waals surface area contributed by atoms with Gasteiger partial charge in [-0.3, -0.25) is 9.59 Å². The minimum absolute atomic E-state index is 0.0451. The normalized spacial score (nSPS) is 30.9. The van der Waals surface area contributed by atoms with Gasteiger partial charge in [-0.25, -0.2) is 0 Å².